The maximum absolute atomic E-state index is 12.2. The Bertz CT molecular complexity index is 790. The van der Waals surface area contributed by atoms with Crippen molar-refractivity contribution in [2.24, 2.45) is 0 Å². The molecule has 7 nitrogen and oxygen atoms in total. The minimum absolute atomic E-state index is 0.0190. The standard InChI is InChI=1S/C18H24N2O5S/c1-13(21)15-4-2-14(3-5-15)10-20-9-8-19(7-6-18(22)23)16-11-26(24,25)12-17(16)20/h2-5,16-17H,6-12H2,1H3,(H,22,23). The summed E-state index contributed by atoms with van der Waals surface area (Å²) < 4.78 is 24.4. The molecule has 0 radical (unpaired) electrons. The van der Waals surface area contributed by atoms with E-state index < -0.39 is 15.8 Å². The number of Topliss-reactive ketones (excluding diaryl/α,β-unsaturated/α-hetero) is 1. The second-order valence-electron chi connectivity index (χ2n) is 7.11. The maximum Gasteiger partial charge on any atom is 0.304 e. The van der Waals surface area contributed by atoms with Crippen LogP contribution < -0.4 is 0 Å². The van der Waals surface area contributed by atoms with Gasteiger partial charge in [0.1, 0.15) is 0 Å². The number of sulfone groups is 1. The number of hydrogen-bond acceptors (Lipinski definition) is 6. The summed E-state index contributed by atoms with van der Waals surface area (Å²) in [6, 6.07) is 7.14. The summed E-state index contributed by atoms with van der Waals surface area (Å²) in [5, 5.41) is 8.92. The number of carboxylic acids is 1. The lowest BCUT2D eigenvalue weighted by Gasteiger charge is -2.43. The second kappa shape index (κ2) is 7.46. The largest absolute Gasteiger partial charge is 0.481 e. The van der Waals surface area contributed by atoms with E-state index in [0.717, 1.165) is 5.56 Å². The van der Waals surface area contributed by atoms with Gasteiger partial charge in [-0.1, -0.05) is 24.3 Å². The summed E-state index contributed by atoms with van der Waals surface area (Å²) in [5.41, 5.74) is 1.70. The molecule has 0 aromatic heterocycles. The van der Waals surface area contributed by atoms with Crippen LogP contribution in [-0.2, 0) is 21.2 Å². The van der Waals surface area contributed by atoms with Gasteiger partial charge in [-0.2, -0.15) is 0 Å². The van der Waals surface area contributed by atoms with Crippen LogP contribution in [0.2, 0.25) is 0 Å². The number of piperazine rings is 1. The van der Waals surface area contributed by atoms with Crippen LogP contribution >= 0.6 is 0 Å². The van der Waals surface area contributed by atoms with Crippen molar-refractivity contribution < 1.29 is 23.1 Å². The van der Waals surface area contributed by atoms with Crippen molar-refractivity contribution in [3.05, 3.63) is 35.4 Å². The highest BCUT2D eigenvalue weighted by atomic mass is 32.2. The lowest BCUT2D eigenvalue weighted by atomic mass is 10.0. The molecule has 0 aliphatic carbocycles. The maximum atomic E-state index is 12.2. The number of carbonyl (C=O) groups is 2. The van der Waals surface area contributed by atoms with E-state index in [4.69, 9.17) is 5.11 Å². The zero-order chi connectivity index (χ0) is 18.9. The fourth-order valence-electron chi connectivity index (χ4n) is 3.89. The molecule has 2 heterocycles. The molecular weight excluding hydrogens is 356 g/mol. The van der Waals surface area contributed by atoms with Gasteiger partial charge in [0.2, 0.25) is 0 Å². The van der Waals surface area contributed by atoms with E-state index in [1.54, 1.807) is 12.1 Å². The number of carboxylic acid groups (broad SMARTS) is 1. The van der Waals surface area contributed by atoms with Crippen molar-refractivity contribution in [1.29, 1.82) is 0 Å². The molecule has 142 valence electrons. The quantitative estimate of drug-likeness (QED) is 0.724. The van der Waals surface area contributed by atoms with Gasteiger partial charge in [-0.05, 0) is 12.5 Å². The van der Waals surface area contributed by atoms with Gasteiger partial charge in [0.25, 0.3) is 0 Å². The fourth-order valence-corrected chi connectivity index (χ4v) is 5.93. The minimum atomic E-state index is -3.12. The number of ketones is 1. The van der Waals surface area contributed by atoms with Gasteiger partial charge in [-0.25, -0.2) is 8.42 Å². The van der Waals surface area contributed by atoms with Crippen molar-refractivity contribution >= 4 is 21.6 Å². The van der Waals surface area contributed by atoms with Gasteiger partial charge in [0.15, 0.2) is 15.6 Å². The van der Waals surface area contributed by atoms with Crippen molar-refractivity contribution in [2.75, 3.05) is 31.1 Å². The molecule has 2 aliphatic rings. The predicted molar refractivity (Wildman–Crippen MR) is 96.9 cm³/mol. The van der Waals surface area contributed by atoms with Crippen LogP contribution in [0.3, 0.4) is 0 Å². The third-order valence-corrected chi connectivity index (χ3v) is 6.96. The molecule has 26 heavy (non-hydrogen) atoms. The summed E-state index contributed by atoms with van der Waals surface area (Å²) in [6.45, 7) is 3.90. The third-order valence-electron chi connectivity index (χ3n) is 5.27. The Hall–Kier alpha value is -1.77. The first-order chi connectivity index (χ1) is 12.2. The minimum Gasteiger partial charge on any atom is -0.481 e. The molecule has 2 saturated heterocycles. The van der Waals surface area contributed by atoms with E-state index >= 15 is 0 Å². The van der Waals surface area contributed by atoms with Gasteiger partial charge in [-0.15, -0.1) is 0 Å². The molecule has 1 aromatic carbocycles. The molecule has 2 atom stereocenters. The lowest BCUT2D eigenvalue weighted by Crippen LogP contribution is -2.58. The van der Waals surface area contributed by atoms with E-state index in [-0.39, 0.29) is 35.8 Å². The van der Waals surface area contributed by atoms with Crippen molar-refractivity contribution in [2.45, 2.75) is 32.0 Å². The van der Waals surface area contributed by atoms with Crippen LogP contribution in [0.1, 0.15) is 29.3 Å². The van der Waals surface area contributed by atoms with Crippen molar-refractivity contribution in [3.63, 3.8) is 0 Å². The number of nitrogens with zero attached hydrogens (tertiary/aromatic N) is 2. The molecule has 2 aliphatic heterocycles. The van der Waals surface area contributed by atoms with Crippen LogP contribution in [0.5, 0.6) is 0 Å². The van der Waals surface area contributed by atoms with E-state index in [1.165, 1.54) is 6.92 Å². The fraction of sp³-hybridized carbons (Fsp3) is 0.556. The van der Waals surface area contributed by atoms with Gasteiger partial charge in [-0.3, -0.25) is 19.4 Å². The summed E-state index contributed by atoms with van der Waals surface area (Å²) in [4.78, 5) is 26.4. The molecule has 0 spiro atoms. The van der Waals surface area contributed by atoms with Crippen LogP contribution in [0, 0.1) is 0 Å². The molecule has 0 bridgehead atoms. The van der Waals surface area contributed by atoms with Gasteiger partial charge >= 0.3 is 5.97 Å². The molecule has 1 aromatic rings. The number of fused-ring (bicyclic) bond motifs is 1. The summed E-state index contributed by atoms with van der Waals surface area (Å²) in [6.07, 6.45) is 0.0236. The number of aliphatic carboxylic acids is 1. The number of benzene rings is 1. The lowest BCUT2D eigenvalue weighted by molar-refractivity contribution is -0.137. The first-order valence-electron chi connectivity index (χ1n) is 8.75. The highest BCUT2D eigenvalue weighted by Gasteiger charge is 2.46. The smallest absolute Gasteiger partial charge is 0.304 e. The molecular formula is C18H24N2O5S. The number of hydrogen-bond donors (Lipinski definition) is 1. The zero-order valence-corrected chi connectivity index (χ0v) is 15.6. The van der Waals surface area contributed by atoms with Gasteiger partial charge in [0, 0.05) is 43.8 Å². The Balaban J connectivity index is 1.73. The Labute approximate surface area is 153 Å². The van der Waals surface area contributed by atoms with Gasteiger partial charge < -0.3 is 5.11 Å². The Kier molecular flexibility index (Phi) is 5.45. The first kappa shape index (κ1) is 19.0. The van der Waals surface area contributed by atoms with Crippen LogP contribution in [0.15, 0.2) is 24.3 Å². The SMILES string of the molecule is CC(=O)c1ccc(CN2CCN(CCC(=O)O)C3CS(=O)(=O)CC32)cc1. The second-order valence-corrected chi connectivity index (χ2v) is 9.27. The molecule has 8 heteroatoms. The van der Waals surface area contributed by atoms with E-state index in [2.05, 4.69) is 4.90 Å². The Morgan fingerprint density at radius 1 is 1.08 bits per heavy atom. The topological polar surface area (TPSA) is 95.0 Å². The third kappa shape index (κ3) is 4.31. The summed E-state index contributed by atoms with van der Waals surface area (Å²) >= 11 is 0. The van der Waals surface area contributed by atoms with Crippen LogP contribution in [-0.4, -0.2) is 78.3 Å². The Morgan fingerprint density at radius 3 is 2.23 bits per heavy atom. The molecule has 2 unspecified atom stereocenters. The Morgan fingerprint density at radius 2 is 1.65 bits per heavy atom. The van der Waals surface area contributed by atoms with E-state index in [0.29, 0.717) is 31.7 Å². The number of carbonyl (C=O) groups excluding carboxylic acids is 1. The van der Waals surface area contributed by atoms with E-state index in [9.17, 15) is 18.0 Å². The van der Waals surface area contributed by atoms with E-state index in [1.807, 2.05) is 17.0 Å². The van der Waals surface area contributed by atoms with Crippen molar-refractivity contribution in [1.82, 2.24) is 9.80 Å². The normalized spacial score (nSPS) is 25.7. The van der Waals surface area contributed by atoms with Gasteiger partial charge in [0.05, 0.1) is 17.9 Å². The van der Waals surface area contributed by atoms with Crippen LogP contribution in [0.25, 0.3) is 0 Å². The highest BCUT2D eigenvalue weighted by molar-refractivity contribution is 7.91. The highest BCUT2D eigenvalue weighted by Crippen LogP contribution is 2.28. The molecule has 0 saturated carbocycles. The monoisotopic (exact) mass is 380 g/mol. The average Bonchev–Trinajstić information content (AvgIpc) is 2.90. The molecule has 3 rings (SSSR count). The summed E-state index contributed by atoms with van der Waals surface area (Å²) in [7, 11) is -3.12. The summed E-state index contributed by atoms with van der Waals surface area (Å²) in [5.74, 6) is -0.634. The molecule has 0 amide bonds. The average molecular weight is 380 g/mol. The zero-order valence-electron chi connectivity index (χ0n) is 14.8. The van der Waals surface area contributed by atoms with Crippen molar-refractivity contribution in [3.8, 4) is 0 Å². The predicted octanol–water partition coefficient (Wildman–Crippen LogP) is 0.647. The molecule has 1 N–H and O–H groups in total. The number of rotatable bonds is 6. The van der Waals surface area contributed by atoms with Crippen LogP contribution in [0.4, 0.5) is 0 Å². The molecule has 2 fully saturated rings. The first-order valence-corrected chi connectivity index (χ1v) is 10.6.